The van der Waals surface area contributed by atoms with Crippen molar-refractivity contribution in [2.24, 2.45) is 5.73 Å². The van der Waals surface area contributed by atoms with Crippen LogP contribution in [0.2, 0.25) is 0 Å². The lowest BCUT2D eigenvalue weighted by molar-refractivity contribution is -0.118. The molecule has 166 valence electrons. The summed E-state index contributed by atoms with van der Waals surface area (Å²) in [4.78, 5) is 10.8. The van der Waals surface area contributed by atoms with E-state index in [2.05, 4.69) is 20.8 Å². The van der Waals surface area contributed by atoms with Crippen LogP contribution in [-0.4, -0.2) is 5.91 Å². The fourth-order valence-electron chi connectivity index (χ4n) is 4.02. The first-order chi connectivity index (χ1) is 13.7. The monoisotopic (exact) mass is 393 g/mol. The molecule has 0 unspecified atom stereocenters. The molecule has 0 atom stereocenters. The van der Waals surface area contributed by atoms with E-state index >= 15 is 0 Å². The van der Waals surface area contributed by atoms with Crippen molar-refractivity contribution in [2.45, 2.75) is 149 Å². The van der Waals surface area contributed by atoms with Gasteiger partial charge in [-0.25, -0.2) is 0 Å². The summed E-state index contributed by atoms with van der Waals surface area (Å²) in [5.41, 5.74) is 8.85. The Labute approximate surface area is 177 Å². The highest BCUT2D eigenvalue weighted by Gasteiger charge is 2.08. The van der Waals surface area contributed by atoms with Gasteiger partial charge in [-0.3, -0.25) is 4.79 Å². The lowest BCUT2D eigenvalue weighted by Crippen LogP contribution is -2.09. The highest BCUT2D eigenvalue weighted by atomic mass is 16.1. The first-order valence-electron chi connectivity index (χ1n) is 12.6. The summed E-state index contributed by atoms with van der Waals surface area (Å²) < 4.78 is 0. The van der Waals surface area contributed by atoms with Crippen LogP contribution in [0, 0.1) is 0 Å². The summed E-state index contributed by atoms with van der Waals surface area (Å²) in [5, 5.41) is 0. The van der Waals surface area contributed by atoms with Crippen LogP contribution in [0.4, 0.5) is 0 Å². The summed E-state index contributed by atoms with van der Waals surface area (Å²) in [6.45, 7) is 6.93. The van der Waals surface area contributed by atoms with Crippen molar-refractivity contribution in [1.82, 2.24) is 0 Å². The van der Waals surface area contributed by atoms with Crippen LogP contribution < -0.4 is 5.73 Å². The van der Waals surface area contributed by atoms with Crippen molar-refractivity contribution < 1.29 is 4.79 Å². The van der Waals surface area contributed by atoms with Crippen LogP contribution >= 0.6 is 0 Å². The van der Waals surface area contributed by atoms with E-state index in [1.54, 1.807) is 5.57 Å². The van der Waals surface area contributed by atoms with Gasteiger partial charge in [-0.2, -0.15) is 0 Å². The average Bonchev–Trinajstić information content (AvgIpc) is 2.68. The van der Waals surface area contributed by atoms with Gasteiger partial charge >= 0.3 is 0 Å². The molecule has 0 saturated carbocycles. The van der Waals surface area contributed by atoms with Crippen LogP contribution in [0.1, 0.15) is 149 Å². The normalized spacial score (nSPS) is 12.2. The van der Waals surface area contributed by atoms with Gasteiger partial charge in [0.25, 0.3) is 0 Å². The number of hydrogen-bond donors (Lipinski definition) is 1. The Bertz CT molecular complexity index is 386. The zero-order valence-corrected chi connectivity index (χ0v) is 19.6. The van der Waals surface area contributed by atoms with Crippen LogP contribution in [0.5, 0.6) is 0 Å². The first-order valence-corrected chi connectivity index (χ1v) is 12.6. The minimum Gasteiger partial charge on any atom is -0.370 e. The van der Waals surface area contributed by atoms with Gasteiger partial charge in [-0.05, 0) is 57.8 Å². The van der Waals surface area contributed by atoms with Gasteiger partial charge in [0, 0.05) is 6.42 Å². The third-order valence-electron chi connectivity index (χ3n) is 5.90. The number of unbranched alkanes of at least 4 members (excludes halogenated alkanes) is 11. The van der Waals surface area contributed by atoms with E-state index < -0.39 is 0 Å². The van der Waals surface area contributed by atoms with E-state index in [1.165, 1.54) is 109 Å². The Morgan fingerprint density at radius 1 is 0.464 bits per heavy atom. The summed E-state index contributed by atoms with van der Waals surface area (Å²) in [5.74, 6) is -0.153. The van der Waals surface area contributed by atoms with E-state index in [-0.39, 0.29) is 5.91 Å². The molecule has 0 radical (unpaired) electrons. The van der Waals surface area contributed by atoms with Gasteiger partial charge in [0.15, 0.2) is 0 Å². The van der Waals surface area contributed by atoms with Crippen LogP contribution in [0.15, 0.2) is 11.1 Å². The molecule has 0 heterocycles. The van der Waals surface area contributed by atoms with Crippen molar-refractivity contribution in [3.63, 3.8) is 0 Å². The fraction of sp³-hybridized carbons (Fsp3) is 0.885. The Morgan fingerprint density at radius 2 is 0.786 bits per heavy atom. The molecule has 0 rings (SSSR count). The second-order valence-electron chi connectivity index (χ2n) is 8.67. The fourth-order valence-corrected chi connectivity index (χ4v) is 4.02. The Kier molecular flexibility index (Phi) is 20.3. The predicted molar refractivity (Wildman–Crippen MR) is 126 cm³/mol. The molecule has 0 fully saturated rings. The number of carbonyl (C=O) groups excluding carboxylic acids is 1. The molecule has 0 saturated heterocycles. The summed E-state index contributed by atoms with van der Waals surface area (Å²) in [6, 6.07) is 0. The van der Waals surface area contributed by atoms with E-state index in [0.29, 0.717) is 6.42 Å². The van der Waals surface area contributed by atoms with Crippen molar-refractivity contribution >= 4 is 5.91 Å². The van der Waals surface area contributed by atoms with Gasteiger partial charge in [0.2, 0.25) is 5.91 Å². The Hall–Kier alpha value is -0.790. The third-order valence-corrected chi connectivity index (χ3v) is 5.90. The quantitative estimate of drug-likeness (QED) is 0.154. The molecular weight excluding hydrogens is 342 g/mol. The number of hydrogen-bond acceptors (Lipinski definition) is 1. The topological polar surface area (TPSA) is 43.1 Å². The molecule has 0 aromatic carbocycles. The van der Waals surface area contributed by atoms with E-state index in [1.807, 2.05) is 5.57 Å². The van der Waals surface area contributed by atoms with Gasteiger partial charge in [0.1, 0.15) is 0 Å². The summed E-state index contributed by atoms with van der Waals surface area (Å²) in [6.07, 6.45) is 25.6. The second kappa shape index (κ2) is 20.9. The van der Waals surface area contributed by atoms with Crippen molar-refractivity contribution in [3.8, 4) is 0 Å². The Balaban J connectivity index is 4.46. The molecule has 0 aliphatic rings. The number of primary amides is 1. The number of nitrogens with two attached hydrogens (primary N) is 1. The maximum Gasteiger partial charge on any atom is 0.217 e. The zero-order valence-electron chi connectivity index (χ0n) is 19.6. The first kappa shape index (κ1) is 27.2. The minimum absolute atomic E-state index is 0.153. The van der Waals surface area contributed by atoms with Crippen molar-refractivity contribution in [3.05, 3.63) is 11.1 Å². The highest BCUT2D eigenvalue weighted by Crippen LogP contribution is 2.27. The molecule has 2 heteroatoms. The van der Waals surface area contributed by atoms with Gasteiger partial charge < -0.3 is 5.73 Å². The Morgan fingerprint density at radius 3 is 1.18 bits per heavy atom. The van der Waals surface area contributed by atoms with Crippen LogP contribution in [0.25, 0.3) is 0 Å². The smallest absolute Gasteiger partial charge is 0.217 e. The summed E-state index contributed by atoms with van der Waals surface area (Å²) >= 11 is 0. The van der Waals surface area contributed by atoms with E-state index in [4.69, 9.17) is 5.73 Å². The predicted octanol–water partition coefficient (Wildman–Crippen LogP) is 8.63. The molecule has 0 aromatic rings. The largest absolute Gasteiger partial charge is 0.370 e. The van der Waals surface area contributed by atoms with Crippen LogP contribution in [0.3, 0.4) is 0 Å². The van der Waals surface area contributed by atoms with Gasteiger partial charge in [-0.15, -0.1) is 0 Å². The molecule has 0 aliphatic carbocycles. The maximum atomic E-state index is 10.8. The van der Waals surface area contributed by atoms with Gasteiger partial charge in [-0.1, -0.05) is 96.1 Å². The number of carbonyl (C=O) groups is 1. The molecule has 1 amide bonds. The molecule has 0 spiro atoms. The molecule has 0 aliphatic heterocycles. The van der Waals surface area contributed by atoms with Crippen molar-refractivity contribution in [1.29, 1.82) is 0 Å². The van der Waals surface area contributed by atoms with E-state index in [0.717, 1.165) is 12.8 Å². The standard InChI is InChI=1S/C26H51NO/c1-4-7-10-11-13-16-21-24(19-8-5-2)25(20-9-6-3)22-17-14-12-15-18-23-26(27)28/h4-23H2,1-3H3,(H2,27,28)/b25-24-. The average molecular weight is 394 g/mol. The van der Waals surface area contributed by atoms with Crippen molar-refractivity contribution in [2.75, 3.05) is 0 Å². The molecule has 2 nitrogen and oxygen atoms in total. The summed E-state index contributed by atoms with van der Waals surface area (Å²) in [7, 11) is 0. The third kappa shape index (κ3) is 17.3. The molecular formula is C26H51NO. The minimum atomic E-state index is -0.153. The second-order valence-corrected chi connectivity index (χ2v) is 8.67. The molecule has 0 aromatic heterocycles. The van der Waals surface area contributed by atoms with Gasteiger partial charge in [0.05, 0.1) is 0 Å². The zero-order chi connectivity index (χ0) is 20.9. The lowest BCUT2D eigenvalue weighted by Gasteiger charge is -2.16. The molecule has 28 heavy (non-hydrogen) atoms. The number of rotatable bonds is 21. The molecule has 2 N–H and O–H groups in total. The van der Waals surface area contributed by atoms with Crippen LogP contribution in [-0.2, 0) is 4.79 Å². The number of allylic oxidation sites excluding steroid dienone is 2. The lowest BCUT2D eigenvalue weighted by atomic mass is 9.90. The maximum absolute atomic E-state index is 10.8. The highest BCUT2D eigenvalue weighted by molar-refractivity contribution is 5.73. The molecule has 0 bridgehead atoms. The SMILES string of the molecule is CCCCCCCC/C(CCCC)=C(/CCCC)CCCCCCCC(N)=O. The number of amides is 1. The van der Waals surface area contributed by atoms with E-state index in [9.17, 15) is 4.79 Å².